The van der Waals surface area contributed by atoms with E-state index >= 15 is 0 Å². The van der Waals surface area contributed by atoms with E-state index in [4.69, 9.17) is 0 Å². The number of likely N-dealkylation sites (tertiary alicyclic amines) is 1. The van der Waals surface area contributed by atoms with Gasteiger partial charge in [-0.25, -0.2) is 4.39 Å². The molecule has 23 heavy (non-hydrogen) atoms. The van der Waals surface area contributed by atoms with Gasteiger partial charge in [0.2, 0.25) is 5.91 Å². The molecule has 0 aliphatic carbocycles. The van der Waals surface area contributed by atoms with Crippen LogP contribution in [0.4, 0.5) is 4.39 Å². The summed E-state index contributed by atoms with van der Waals surface area (Å²) >= 11 is 0. The molecule has 7 heteroatoms. The van der Waals surface area contributed by atoms with Crippen LogP contribution in [0.25, 0.3) is 0 Å². The van der Waals surface area contributed by atoms with Gasteiger partial charge < -0.3 is 10.6 Å². The molecule has 0 bridgehead atoms. The minimum atomic E-state index is -0.203. The van der Waals surface area contributed by atoms with Crippen LogP contribution in [-0.2, 0) is 11.3 Å². The lowest BCUT2D eigenvalue weighted by atomic mass is 9.96. The van der Waals surface area contributed by atoms with Gasteiger partial charge in [-0.1, -0.05) is 12.1 Å². The Kier molecular flexibility index (Phi) is 11.2. The van der Waals surface area contributed by atoms with Gasteiger partial charge in [-0.15, -0.1) is 24.8 Å². The van der Waals surface area contributed by atoms with Crippen LogP contribution in [0, 0.1) is 11.7 Å². The third-order valence-corrected chi connectivity index (χ3v) is 3.85. The highest BCUT2D eigenvalue weighted by molar-refractivity contribution is 5.85. The van der Waals surface area contributed by atoms with E-state index in [1.807, 2.05) is 13.1 Å². The summed E-state index contributed by atoms with van der Waals surface area (Å²) in [5, 5.41) is 5.97. The van der Waals surface area contributed by atoms with Crippen molar-refractivity contribution in [3.8, 4) is 0 Å². The van der Waals surface area contributed by atoms with E-state index in [1.54, 1.807) is 12.1 Å². The topological polar surface area (TPSA) is 44.4 Å². The Morgan fingerprint density at radius 3 is 2.83 bits per heavy atom. The van der Waals surface area contributed by atoms with Crippen molar-refractivity contribution in [2.45, 2.75) is 19.4 Å². The summed E-state index contributed by atoms with van der Waals surface area (Å²) in [5.74, 6) is -0.0239. The fourth-order valence-electron chi connectivity index (χ4n) is 2.76. The number of piperidine rings is 1. The second kappa shape index (κ2) is 11.6. The van der Waals surface area contributed by atoms with Gasteiger partial charge in [-0.05, 0) is 44.1 Å². The Balaban J connectivity index is 0.00000242. The van der Waals surface area contributed by atoms with Crippen molar-refractivity contribution in [1.29, 1.82) is 0 Å². The summed E-state index contributed by atoms with van der Waals surface area (Å²) in [5.41, 5.74) is 0.964. The first-order valence-electron chi connectivity index (χ1n) is 7.58. The zero-order valence-corrected chi connectivity index (χ0v) is 15.0. The predicted octanol–water partition coefficient (Wildman–Crippen LogP) is 2.22. The molecule has 1 unspecified atom stereocenters. The smallest absolute Gasteiger partial charge is 0.224 e. The standard InChI is InChI=1S/C16H24FN3O.2ClH/c1-18-7-8-19-16(21)14-5-3-9-20(12-14)11-13-4-2-6-15(17)10-13;;/h2,4,6,10,14,18H,3,5,7-9,11-12H2,1H3,(H,19,21);2*1H. The average molecular weight is 366 g/mol. The number of carbonyl (C=O) groups is 1. The minimum absolute atomic E-state index is 0. The highest BCUT2D eigenvalue weighted by Gasteiger charge is 2.25. The predicted molar refractivity (Wildman–Crippen MR) is 95.8 cm³/mol. The normalized spacial score (nSPS) is 17.7. The van der Waals surface area contributed by atoms with Crippen LogP contribution in [0.5, 0.6) is 0 Å². The van der Waals surface area contributed by atoms with Gasteiger partial charge in [0.15, 0.2) is 0 Å². The van der Waals surface area contributed by atoms with E-state index in [-0.39, 0.29) is 42.5 Å². The quantitative estimate of drug-likeness (QED) is 0.759. The number of halogens is 3. The third kappa shape index (κ3) is 7.48. The van der Waals surface area contributed by atoms with E-state index in [9.17, 15) is 9.18 Å². The molecule has 0 radical (unpaired) electrons. The number of rotatable bonds is 6. The lowest BCUT2D eigenvalue weighted by molar-refractivity contribution is -0.126. The summed E-state index contributed by atoms with van der Waals surface area (Å²) in [6.07, 6.45) is 1.95. The molecule has 0 aromatic heterocycles. The molecule has 2 rings (SSSR count). The van der Waals surface area contributed by atoms with Crippen LogP contribution >= 0.6 is 24.8 Å². The van der Waals surface area contributed by atoms with E-state index in [0.717, 1.165) is 38.0 Å². The van der Waals surface area contributed by atoms with Crippen molar-refractivity contribution in [1.82, 2.24) is 15.5 Å². The van der Waals surface area contributed by atoms with E-state index in [1.165, 1.54) is 6.07 Å². The number of hydrogen-bond donors (Lipinski definition) is 2. The maximum absolute atomic E-state index is 13.2. The number of benzene rings is 1. The maximum atomic E-state index is 13.2. The first-order valence-corrected chi connectivity index (χ1v) is 7.58. The number of nitrogens with zero attached hydrogens (tertiary/aromatic N) is 1. The van der Waals surface area contributed by atoms with Crippen molar-refractivity contribution in [3.63, 3.8) is 0 Å². The highest BCUT2D eigenvalue weighted by atomic mass is 35.5. The van der Waals surface area contributed by atoms with Gasteiger partial charge in [-0.3, -0.25) is 9.69 Å². The summed E-state index contributed by atoms with van der Waals surface area (Å²) in [6.45, 7) is 3.87. The third-order valence-electron chi connectivity index (χ3n) is 3.85. The fraction of sp³-hybridized carbons (Fsp3) is 0.562. The van der Waals surface area contributed by atoms with E-state index < -0.39 is 0 Å². The Morgan fingerprint density at radius 2 is 2.13 bits per heavy atom. The second-order valence-corrected chi connectivity index (χ2v) is 5.60. The van der Waals surface area contributed by atoms with Crippen molar-refractivity contribution in [2.75, 3.05) is 33.2 Å². The average Bonchev–Trinajstić information content (AvgIpc) is 2.48. The van der Waals surface area contributed by atoms with Gasteiger partial charge in [-0.2, -0.15) is 0 Å². The largest absolute Gasteiger partial charge is 0.355 e. The molecular formula is C16H26Cl2FN3O. The Bertz CT molecular complexity index is 476. The van der Waals surface area contributed by atoms with E-state index in [2.05, 4.69) is 15.5 Å². The molecule has 0 saturated carbocycles. The molecular weight excluding hydrogens is 340 g/mol. The van der Waals surface area contributed by atoms with Crippen LogP contribution in [0.1, 0.15) is 18.4 Å². The van der Waals surface area contributed by atoms with Crippen LogP contribution in [-0.4, -0.2) is 44.0 Å². The van der Waals surface area contributed by atoms with Gasteiger partial charge in [0, 0.05) is 26.2 Å². The Morgan fingerprint density at radius 1 is 1.35 bits per heavy atom. The first-order chi connectivity index (χ1) is 10.2. The molecule has 1 amide bonds. The number of likely N-dealkylation sites (N-methyl/N-ethyl adjacent to an activating group) is 1. The van der Waals surface area contributed by atoms with Crippen molar-refractivity contribution >= 4 is 30.7 Å². The van der Waals surface area contributed by atoms with Crippen molar-refractivity contribution in [3.05, 3.63) is 35.6 Å². The molecule has 132 valence electrons. The van der Waals surface area contributed by atoms with Gasteiger partial charge in [0.1, 0.15) is 5.82 Å². The second-order valence-electron chi connectivity index (χ2n) is 5.60. The van der Waals surface area contributed by atoms with Crippen LogP contribution in [0.3, 0.4) is 0 Å². The Hall–Kier alpha value is -0.880. The maximum Gasteiger partial charge on any atom is 0.224 e. The first kappa shape index (κ1) is 22.1. The molecule has 1 aromatic rings. The number of nitrogens with one attached hydrogen (secondary N) is 2. The fourth-order valence-corrected chi connectivity index (χ4v) is 2.76. The highest BCUT2D eigenvalue weighted by Crippen LogP contribution is 2.19. The zero-order chi connectivity index (χ0) is 15.1. The molecule has 1 saturated heterocycles. The number of carbonyl (C=O) groups excluding carboxylic acids is 1. The van der Waals surface area contributed by atoms with Gasteiger partial charge in [0.25, 0.3) is 0 Å². The molecule has 1 fully saturated rings. The Labute approximate surface area is 150 Å². The van der Waals surface area contributed by atoms with Crippen LogP contribution in [0.2, 0.25) is 0 Å². The summed E-state index contributed by atoms with van der Waals surface area (Å²) in [6, 6.07) is 6.69. The van der Waals surface area contributed by atoms with E-state index in [0.29, 0.717) is 13.1 Å². The lowest BCUT2D eigenvalue weighted by Gasteiger charge is -2.32. The molecule has 1 aromatic carbocycles. The van der Waals surface area contributed by atoms with Crippen LogP contribution in [0.15, 0.2) is 24.3 Å². The molecule has 1 aliphatic heterocycles. The van der Waals surface area contributed by atoms with Gasteiger partial charge in [0.05, 0.1) is 5.92 Å². The molecule has 2 N–H and O–H groups in total. The summed E-state index contributed by atoms with van der Waals surface area (Å²) < 4.78 is 13.2. The molecule has 1 heterocycles. The number of amides is 1. The summed E-state index contributed by atoms with van der Waals surface area (Å²) in [7, 11) is 1.87. The SMILES string of the molecule is CNCCNC(=O)C1CCCN(Cc2cccc(F)c2)C1.Cl.Cl. The van der Waals surface area contributed by atoms with Gasteiger partial charge >= 0.3 is 0 Å². The van der Waals surface area contributed by atoms with Crippen molar-refractivity contribution in [2.24, 2.45) is 5.92 Å². The van der Waals surface area contributed by atoms with Crippen LogP contribution < -0.4 is 10.6 Å². The van der Waals surface area contributed by atoms with Crippen molar-refractivity contribution < 1.29 is 9.18 Å². The molecule has 4 nitrogen and oxygen atoms in total. The number of hydrogen-bond acceptors (Lipinski definition) is 3. The lowest BCUT2D eigenvalue weighted by Crippen LogP contribution is -2.43. The zero-order valence-electron chi connectivity index (χ0n) is 13.4. The molecule has 1 atom stereocenters. The monoisotopic (exact) mass is 365 g/mol. The minimum Gasteiger partial charge on any atom is -0.355 e. The summed E-state index contributed by atoms with van der Waals surface area (Å²) in [4.78, 5) is 14.3. The molecule has 1 aliphatic rings. The molecule has 0 spiro atoms.